The fraction of sp³-hybridized carbons (Fsp3) is 0.500. The molecule has 0 aromatic heterocycles. The van der Waals surface area contributed by atoms with Gasteiger partial charge >= 0.3 is 0 Å². The van der Waals surface area contributed by atoms with Gasteiger partial charge in [-0.2, -0.15) is 27.8 Å². The summed E-state index contributed by atoms with van der Waals surface area (Å²) >= 11 is 0. The molecule has 0 heterocycles. The van der Waals surface area contributed by atoms with Crippen molar-refractivity contribution in [3.05, 3.63) is 27.8 Å². The molecular weight excluding hydrogens is 277 g/mol. The van der Waals surface area contributed by atoms with Crippen LogP contribution in [0.4, 0.5) is 0 Å². The summed E-state index contributed by atoms with van der Waals surface area (Å²) in [5, 5.41) is 0. The van der Waals surface area contributed by atoms with Crippen LogP contribution in [-0.2, 0) is 0 Å². The summed E-state index contributed by atoms with van der Waals surface area (Å²) in [6, 6.07) is 0. The fourth-order valence-electron chi connectivity index (χ4n) is 1.41. The smallest absolute Gasteiger partial charge is 0 e. The quantitative estimate of drug-likeness (QED) is 0.645. The monoisotopic (exact) mass is 293 g/mol. The van der Waals surface area contributed by atoms with Crippen molar-refractivity contribution in [2.75, 3.05) is 0 Å². The Hall–Kier alpha value is 0.675. The van der Waals surface area contributed by atoms with Gasteiger partial charge in [-0.15, -0.1) is 0 Å². The predicted octanol–water partition coefficient (Wildman–Crippen LogP) is 2.95. The van der Waals surface area contributed by atoms with E-state index in [-0.39, 0.29) is 39.9 Å². The van der Waals surface area contributed by atoms with Crippen LogP contribution in [0.5, 0.6) is 0 Å². The molecule has 0 bridgehead atoms. The van der Waals surface area contributed by atoms with Crippen LogP contribution < -0.4 is 0 Å². The third kappa shape index (κ3) is 1.88. The van der Waals surface area contributed by atoms with Crippen LogP contribution in [0.15, 0.2) is 0 Å². The Balaban J connectivity index is 0.000001000. The molecule has 0 fully saturated rings. The van der Waals surface area contributed by atoms with Gasteiger partial charge in [-0.05, 0) is 0 Å². The molecule has 0 nitrogen and oxygen atoms in total. The molecule has 0 spiro atoms. The first kappa shape index (κ1) is 11.7. The Morgan fingerprint density at radius 2 is 1.09 bits per heavy atom. The number of hydrogen-bond donors (Lipinski definition) is 0. The zero-order valence-corrected chi connectivity index (χ0v) is 10.1. The normalized spacial score (nSPS) is 9.55. The fourth-order valence-corrected chi connectivity index (χ4v) is 1.41. The van der Waals surface area contributed by atoms with Gasteiger partial charge < -0.3 is 0 Å². The zero-order chi connectivity index (χ0) is 7.89. The Morgan fingerprint density at radius 3 is 1.18 bits per heavy atom. The van der Waals surface area contributed by atoms with E-state index in [2.05, 4.69) is 34.6 Å². The van der Waals surface area contributed by atoms with Gasteiger partial charge in [-0.25, -0.2) is 0 Å². The maximum atomic E-state index is 2.20. The largest absolute Gasteiger partial charge is 0.196 e. The average molecular weight is 292 g/mol. The van der Waals surface area contributed by atoms with Crippen molar-refractivity contribution in [1.29, 1.82) is 0 Å². The molecule has 0 unspecified atom stereocenters. The van der Waals surface area contributed by atoms with Gasteiger partial charge in [0.2, 0.25) is 0 Å². The first-order valence-electron chi connectivity index (χ1n) is 3.75. The topological polar surface area (TPSA) is 0 Å². The molecule has 1 aromatic carbocycles. The summed E-state index contributed by atoms with van der Waals surface area (Å²) in [4.78, 5) is 0. The summed E-state index contributed by atoms with van der Waals surface area (Å²) in [7, 11) is 0. The molecule has 1 aromatic rings. The molecule has 1 heteroatoms. The van der Waals surface area contributed by atoms with E-state index in [4.69, 9.17) is 0 Å². The number of rotatable bonds is 0. The molecule has 0 saturated heterocycles. The van der Waals surface area contributed by atoms with E-state index in [1.54, 1.807) is 0 Å². The van der Waals surface area contributed by atoms with E-state index < -0.39 is 0 Å². The maximum Gasteiger partial charge on any atom is 0 e. The van der Waals surface area contributed by atoms with Crippen molar-refractivity contribution in [1.82, 2.24) is 0 Å². The van der Waals surface area contributed by atoms with Gasteiger partial charge in [-0.3, -0.25) is 0 Å². The molecule has 0 aliphatic heterocycles. The van der Waals surface area contributed by atoms with Crippen LogP contribution in [0.2, 0.25) is 0 Å². The molecule has 0 aliphatic carbocycles. The maximum absolute atomic E-state index is 2.20. The van der Waals surface area contributed by atoms with Gasteiger partial charge in [0.1, 0.15) is 0 Å². The van der Waals surface area contributed by atoms with E-state index in [1.165, 1.54) is 27.8 Å². The van der Waals surface area contributed by atoms with Gasteiger partial charge in [0, 0.05) is 39.9 Å². The van der Waals surface area contributed by atoms with E-state index >= 15 is 0 Å². The van der Waals surface area contributed by atoms with Crippen LogP contribution >= 0.6 is 0 Å². The van der Waals surface area contributed by atoms with E-state index in [0.29, 0.717) is 0 Å². The van der Waals surface area contributed by atoms with Crippen LogP contribution in [0, 0.1) is 74.6 Å². The second kappa shape index (κ2) is 4.07. The van der Waals surface area contributed by atoms with Crippen molar-refractivity contribution in [2.24, 2.45) is 0 Å². The minimum Gasteiger partial charge on any atom is -0.196 e. The Labute approximate surface area is 101 Å². The molecule has 0 radical (unpaired) electrons. The molecule has 0 saturated carbocycles. The van der Waals surface area contributed by atoms with Crippen molar-refractivity contribution in [3.8, 4) is 0 Å². The van der Waals surface area contributed by atoms with Gasteiger partial charge in [-0.1, -0.05) is 34.6 Å². The van der Waals surface area contributed by atoms with E-state index in [9.17, 15) is 0 Å². The third-order valence-electron chi connectivity index (χ3n) is 2.81. The molecule has 0 aliphatic rings. The summed E-state index contributed by atoms with van der Waals surface area (Å²) in [6.07, 6.45) is 0. The SMILES string of the molecule is Cc1c(C)c(C)[c-](C)c1C.[Gd]. The van der Waals surface area contributed by atoms with E-state index in [0.717, 1.165) is 0 Å². The summed E-state index contributed by atoms with van der Waals surface area (Å²) < 4.78 is 0. The standard InChI is InChI=1S/C10H15.Gd/c1-6-7(2)9(4)10(5)8(6)3;/h1-5H3;/q-1;. The third-order valence-corrected chi connectivity index (χ3v) is 2.81. The van der Waals surface area contributed by atoms with Gasteiger partial charge in [0.25, 0.3) is 0 Å². The second-order valence-corrected chi connectivity index (χ2v) is 3.12. The minimum absolute atomic E-state index is 0. The molecule has 0 amide bonds. The molecule has 0 atom stereocenters. The van der Waals surface area contributed by atoms with Crippen LogP contribution in [0.3, 0.4) is 0 Å². The molecule has 64 valence electrons. The number of hydrogen-bond acceptors (Lipinski definition) is 0. The predicted molar refractivity (Wildman–Crippen MR) is 45.7 cm³/mol. The van der Waals surface area contributed by atoms with E-state index in [1.807, 2.05) is 0 Å². The molecule has 1 rings (SSSR count). The van der Waals surface area contributed by atoms with Crippen LogP contribution in [0.1, 0.15) is 27.8 Å². The van der Waals surface area contributed by atoms with Crippen molar-refractivity contribution < 1.29 is 39.9 Å². The summed E-state index contributed by atoms with van der Waals surface area (Å²) in [6.45, 7) is 11.0. The molecular formula is C10H15Gd-. The minimum atomic E-state index is 0. The summed E-state index contributed by atoms with van der Waals surface area (Å²) in [5.41, 5.74) is 7.34. The summed E-state index contributed by atoms with van der Waals surface area (Å²) in [5.74, 6) is 0. The Kier molecular flexibility index (Phi) is 4.32. The first-order valence-corrected chi connectivity index (χ1v) is 3.75. The average Bonchev–Trinajstić information content (AvgIpc) is 2.07. The van der Waals surface area contributed by atoms with Crippen molar-refractivity contribution >= 4 is 0 Å². The van der Waals surface area contributed by atoms with Gasteiger partial charge in [0.15, 0.2) is 0 Å². The molecule has 0 N–H and O–H groups in total. The molecule has 11 heavy (non-hydrogen) atoms. The van der Waals surface area contributed by atoms with Crippen molar-refractivity contribution in [3.63, 3.8) is 0 Å². The van der Waals surface area contributed by atoms with Gasteiger partial charge in [0.05, 0.1) is 0 Å². The Bertz CT molecular complexity index is 176. The van der Waals surface area contributed by atoms with Crippen LogP contribution in [-0.4, -0.2) is 0 Å². The second-order valence-electron chi connectivity index (χ2n) is 3.12. The Morgan fingerprint density at radius 1 is 0.818 bits per heavy atom. The zero-order valence-electron chi connectivity index (χ0n) is 7.85. The van der Waals surface area contributed by atoms with Crippen molar-refractivity contribution in [2.45, 2.75) is 34.6 Å². The first-order chi connectivity index (χ1) is 4.55. The van der Waals surface area contributed by atoms with Crippen LogP contribution in [0.25, 0.3) is 0 Å².